The predicted octanol–water partition coefficient (Wildman–Crippen LogP) is 5.02. The van der Waals surface area contributed by atoms with Gasteiger partial charge in [-0.3, -0.25) is 9.69 Å². The smallest absolute Gasteiger partial charge is 0.326 e. The summed E-state index contributed by atoms with van der Waals surface area (Å²) in [7, 11) is 1.56. The van der Waals surface area contributed by atoms with Crippen LogP contribution in [0.1, 0.15) is 18.5 Å². The average molecular weight is 431 g/mol. The standard InChI is InChI=1S/C25H22FN3O3/c1-16-22(24(30)27-19-6-4-3-5-7-19)23(17-8-10-18(26)11-9-17)28-25(31)29(16)20-12-14-21(32-2)15-13-20/h3-15,23H,1-2H3,(H,27,30)(H,28,31). The number of allylic oxidation sites excluding steroid dienone is 1. The van der Waals surface area contributed by atoms with Crippen LogP contribution in [0.25, 0.3) is 0 Å². The van der Waals surface area contributed by atoms with Crippen LogP contribution in [-0.2, 0) is 4.79 Å². The monoisotopic (exact) mass is 431 g/mol. The van der Waals surface area contributed by atoms with E-state index in [1.807, 2.05) is 18.2 Å². The zero-order valence-electron chi connectivity index (χ0n) is 17.6. The number of hydrogen-bond donors (Lipinski definition) is 2. The number of methoxy groups -OCH3 is 1. The number of nitrogens with one attached hydrogen (secondary N) is 2. The highest BCUT2D eigenvalue weighted by molar-refractivity contribution is 6.09. The summed E-state index contributed by atoms with van der Waals surface area (Å²) in [5.41, 5.74) is 2.65. The van der Waals surface area contributed by atoms with Crippen molar-refractivity contribution in [3.05, 3.63) is 102 Å². The zero-order valence-corrected chi connectivity index (χ0v) is 17.6. The zero-order chi connectivity index (χ0) is 22.7. The minimum Gasteiger partial charge on any atom is -0.497 e. The van der Waals surface area contributed by atoms with Crippen molar-refractivity contribution in [2.75, 3.05) is 17.3 Å². The summed E-state index contributed by atoms with van der Waals surface area (Å²) in [6.45, 7) is 1.72. The second-order valence-corrected chi connectivity index (χ2v) is 7.29. The van der Waals surface area contributed by atoms with Crippen molar-refractivity contribution in [1.82, 2.24) is 5.32 Å². The molecule has 0 spiro atoms. The van der Waals surface area contributed by atoms with Crippen LogP contribution >= 0.6 is 0 Å². The molecule has 0 saturated heterocycles. The van der Waals surface area contributed by atoms with Crippen LogP contribution in [0.4, 0.5) is 20.6 Å². The van der Waals surface area contributed by atoms with Crippen LogP contribution in [0.2, 0.25) is 0 Å². The summed E-state index contributed by atoms with van der Waals surface area (Å²) in [6, 6.07) is 20.6. The number of amides is 3. The molecule has 3 aromatic carbocycles. The van der Waals surface area contributed by atoms with Gasteiger partial charge in [0.25, 0.3) is 5.91 Å². The summed E-state index contributed by atoms with van der Waals surface area (Å²) in [5.74, 6) is -0.104. The lowest BCUT2D eigenvalue weighted by Crippen LogP contribution is -2.48. The van der Waals surface area contributed by atoms with Gasteiger partial charge in [-0.1, -0.05) is 30.3 Å². The third-order valence-corrected chi connectivity index (χ3v) is 5.30. The maximum absolute atomic E-state index is 13.5. The molecule has 3 amide bonds. The normalized spacial score (nSPS) is 15.9. The van der Waals surface area contributed by atoms with Gasteiger partial charge in [0, 0.05) is 11.4 Å². The van der Waals surface area contributed by atoms with Crippen molar-refractivity contribution in [3.63, 3.8) is 0 Å². The lowest BCUT2D eigenvalue weighted by atomic mass is 9.93. The SMILES string of the molecule is COc1ccc(N2C(=O)NC(c3ccc(F)cc3)C(C(=O)Nc3ccccc3)=C2C)cc1. The first-order chi connectivity index (χ1) is 15.5. The molecule has 6 nitrogen and oxygen atoms in total. The van der Waals surface area contributed by atoms with Gasteiger partial charge in [0.05, 0.1) is 24.4 Å². The fourth-order valence-corrected chi connectivity index (χ4v) is 3.70. The highest BCUT2D eigenvalue weighted by atomic mass is 19.1. The number of hydrogen-bond acceptors (Lipinski definition) is 3. The number of urea groups is 1. The summed E-state index contributed by atoms with van der Waals surface area (Å²) >= 11 is 0. The van der Waals surface area contributed by atoms with Gasteiger partial charge in [0.15, 0.2) is 0 Å². The van der Waals surface area contributed by atoms with Crippen LogP contribution in [0.5, 0.6) is 5.75 Å². The van der Waals surface area contributed by atoms with E-state index < -0.39 is 17.9 Å². The van der Waals surface area contributed by atoms with Crippen molar-refractivity contribution < 1.29 is 18.7 Å². The fourth-order valence-electron chi connectivity index (χ4n) is 3.70. The minimum absolute atomic E-state index is 0.357. The maximum atomic E-state index is 13.5. The molecule has 0 bridgehead atoms. The molecule has 1 heterocycles. The Kier molecular flexibility index (Phi) is 5.89. The first-order valence-corrected chi connectivity index (χ1v) is 10.0. The van der Waals surface area contributed by atoms with Crippen molar-refractivity contribution in [2.24, 2.45) is 0 Å². The number of carbonyl (C=O) groups is 2. The van der Waals surface area contributed by atoms with E-state index in [1.54, 1.807) is 62.6 Å². The number of nitrogens with zero attached hydrogens (tertiary/aromatic N) is 1. The first kappa shape index (κ1) is 21.1. The van der Waals surface area contributed by atoms with E-state index in [0.717, 1.165) is 0 Å². The van der Waals surface area contributed by atoms with Gasteiger partial charge in [-0.2, -0.15) is 0 Å². The Labute approximate surface area is 185 Å². The van der Waals surface area contributed by atoms with Crippen LogP contribution in [0.15, 0.2) is 90.1 Å². The van der Waals surface area contributed by atoms with Gasteiger partial charge in [0.2, 0.25) is 0 Å². The molecule has 3 aromatic rings. The predicted molar refractivity (Wildman–Crippen MR) is 121 cm³/mol. The molecule has 162 valence electrons. The van der Waals surface area contributed by atoms with Gasteiger partial charge >= 0.3 is 6.03 Å². The minimum atomic E-state index is -0.735. The fraction of sp³-hybridized carbons (Fsp3) is 0.120. The highest BCUT2D eigenvalue weighted by Gasteiger charge is 2.36. The van der Waals surface area contributed by atoms with E-state index in [-0.39, 0.29) is 5.91 Å². The number of halogens is 1. The number of rotatable bonds is 5. The molecule has 7 heteroatoms. The second-order valence-electron chi connectivity index (χ2n) is 7.29. The Hall–Kier alpha value is -4.13. The maximum Gasteiger partial charge on any atom is 0.326 e. The molecule has 0 aromatic heterocycles. The number of para-hydroxylation sites is 1. The topological polar surface area (TPSA) is 70.7 Å². The molecule has 0 aliphatic carbocycles. The molecule has 2 N–H and O–H groups in total. The van der Waals surface area contributed by atoms with Crippen LogP contribution < -0.4 is 20.3 Å². The Morgan fingerprint density at radius 1 is 1.00 bits per heavy atom. The van der Waals surface area contributed by atoms with E-state index in [0.29, 0.717) is 34.0 Å². The van der Waals surface area contributed by atoms with Crippen LogP contribution in [0, 0.1) is 5.82 Å². The molecule has 0 saturated carbocycles. The number of benzene rings is 3. The molecular formula is C25H22FN3O3. The van der Waals surface area contributed by atoms with Crippen molar-refractivity contribution in [2.45, 2.75) is 13.0 Å². The highest BCUT2D eigenvalue weighted by Crippen LogP contribution is 2.34. The number of ether oxygens (including phenoxy) is 1. The molecule has 1 aliphatic heterocycles. The average Bonchev–Trinajstić information content (AvgIpc) is 2.80. The molecule has 4 rings (SSSR count). The first-order valence-electron chi connectivity index (χ1n) is 10.0. The quantitative estimate of drug-likeness (QED) is 0.596. The van der Waals surface area contributed by atoms with E-state index in [9.17, 15) is 14.0 Å². The van der Waals surface area contributed by atoms with Crippen molar-refractivity contribution in [3.8, 4) is 5.75 Å². The van der Waals surface area contributed by atoms with Crippen LogP contribution in [0.3, 0.4) is 0 Å². The number of carbonyl (C=O) groups excluding carboxylic acids is 2. The van der Waals surface area contributed by atoms with Gasteiger partial charge in [0.1, 0.15) is 11.6 Å². The summed E-state index contributed by atoms with van der Waals surface area (Å²) in [4.78, 5) is 27.9. The second kappa shape index (κ2) is 8.93. The third-order valence-electron chi connectivity index (χ3n) is 5.30. The van der Waals surface area contributed by atoms with E-state index in [4.69, 9.17) is 4.74 Å². The Balaban J connectivity index is 1.79. The Morgan fingerprint density at radius 2 is 1.66 bits per heavy atom. The summed E-state index contributed by atoms with van der Waals surface area (Å²) in [6.07, 6.45) is 0. The van der Waals surface area contributed by atoms with E-state index >= 15 is 0 Å². The van der Waals surface area contributed by atoms with Gasteiger partial charge in [-0.15, -0.1) is 0 Å². The molecule has 0 fully saturated rings. The largest absolute Gasteiger partial charge is 0.497 e. The molecule has 1 atom stereocenters. The number of anilines is 2. The lowest BCUT2D eigenvalue weighted by Gasteiger charge is -2.35. The van der Waals surface area contributed by atoms with E-state index in [1.165, 1.54) is 17.0 Å². The Bertz CT molecular complexity index is 1160. The Morgan fingerprint density at radius 3 is 2.28 bits per heavy atom. The van der Waals surface area contributed by atoms with Crippen molar-refractivity contribution in [1.29, 1.82) is 0 Å². The molecule has 1 aliphatic rings. The molecular weight excluding hydrogens is 409 g/mol. The molecule has 1 unspecified atom stereocenters. The van der Waals surface area contributed by atoms with Gasteiger partial charge in [-0.05, 0) is 61.0 Å². The van der Waals surface area contributed by atoms with Crippen LogP contribution in [-0.4, -0.2) is 19.0 Å². The third kappa shape index (κ3) is 4.18. The molecule has 32 heavy (non-hydrogen) atoms. The van der Waals surface area contributed by atoms with Crippen molar-refractivity contribution >= 4 is 23.3 Å². The summed E-state index contributed by atoms with van der Waals surface area (Å²) < 4.78 is 18.7. The van der Waals surface area contributed by atoms with E-state index in [2.05, 4.69) is 10.6 Å². The van der Waals surface area contributed by atoms with Gasteiger partial charge in [-0.25, -0.2) is 9.18 Å². The summed E-state index contributed by atoms with van der Waals surface area (Å²) in [5, 5.41) is 5.78. The molecule has 0 radical (unpaired) electrons. The lowest BCUT2D eigenvalue weighted by molar-refractivity contribution is -0.113. The van der Waals surface area contributed by atoms with Gasteiger partial charge < -0.3 is 15.4 Å².